The van der Waals surface area contributed by atoms with Crippen LogP contribution in [0.4, 0.5) is 5.69 Å². The van der Waals surface area contributed by atoms with Gasteiger partial charge >= 0.3 is 0 Å². The molecule has 108 valence electrons. The molecule has 6 heteroatoms. The van der Waals surface area contributed by atoms with Gasteiger partial charge in [0, 0.05) is 19.6 Å². The average molecular weight is 287 g/mol. The van der Waals surface area contributed by atoms with Crippen molar-refractivity contribution in [1.29, 1.82) is 0 Å². The summed E-state index contributed by atoms with van der Waals surface area (Å²) in [6.45, 7) is 10.6. The van der Waals surface area contributed by atoms with Crippen LogP contribution in [-0.4, -0.2) is 40.9 Å². The Kier molecular flexibility index (Phi) is 6.87. The Morgan fingerprint density at radius 3 is 2.63 bits per heavy atom. The Balaban J connectivity index is 2.65. The molecule has 0 atom stereocenters. The minimum Gasteiger partial charge on any atom is -0.381 e. The third kappa shape index (κ3) is 4.51. The SMILES string of the molecule is CCCn1ncc(NCCN(CC)CC)c(Cl)c1=O. The van der Waals surface area contributed by atoms with Crippen LogP contribution >= 0.6 is 11.6 Å². The van der Waals surface area contributed by atoms with Crippen molar-refractivity contribution in [3.05, 3.63) is 21.6 Å². The van der Waals surface area contributed by atoms with Crippen LogP contribution in [0.1, 0.15) is 27.2 Å². The van der Waals surface area contributed by atoms with E-state index in [1.807, 2.05) is 6.92 Å². The van der Waals surface area contributed by atoms with Gasteiger partial charge in [0.25, 0.3) is 5.56 Å². The van der Waals surface area contributed by atoms with Crippen LogP contribution in [0.3, 0.4) is 0 Å². The van der Waals surface area contributed by atoms with E-state index < -0.39 is 0 Å². The van der Waals surface area contributed by atoms with E-state index in [4.69, 9.17) is 11.6 Å². The highest BCUT2D eigenvalue weighted by Crippen LogP contribution is 2.14. The third-order valence-electron chi connectivity index (χ3n) is 3.06. The molecule has 1 aromatic heterocycles. The van der Waals surface area contributed by atoms with Crippen molar-refractivity contribution in [1.82, 2.24) is 14.7 Å². The average Bonchev–Trinajstić information content (AvgIpc) is 2.42. The van der Waals surface area contributed by atoms with Gasteiger partial charge in [-0.25, -0.2) is 4.68 Å². The molecule has 1 rings (SSSR count). The van der Waals surface area contributed by atoms with Gasteiger partial charge in [0.05, 0.1) is 11.9 Å². The molecule has 0 bridgehead atoms. The normalized spacial score (nSPS) is 11.0. The Hall–Kier alpha value is -1.07. The highest BCUT2D eigenvalue weighted by molar-refractivity contribution is 6.32. The van der Waals surface area contributed by atoms with Gasteiger partial charge in [-0.1, -0.05) is 32.4 Å². The number of likely N-dealkylation sites (N-methyl/N-ethyl adjacent to an activating group) is 1. The summed E-state index contributed by atoms with van der Waals surface area (Å²) >= 11 is 6.07. The largest absolute Gasteiger partial charge is 0.381 e. The van der Waals surface area contributed by atoms with E-state index in [1.165, 1.54) is 4.68 Å². The monoisotopic (exact) mass is 286 g/mol. The van der Waals surface area contributed by atoms with Gasteiger partial charge in [-0.3, -0.25) is 4.79 Å². The zero-order valence-corrected chi connectivity index (χ0v) is 12.7. The number of halogens is 1. The first kappa shape index (κ1) is 16.0. The molecule has 0 radical (unpaired) electrons. The summed E-state index contributed by atoms with van der Waals surface area (Å²) in [6, 6.07) is 0. The molecule has 1 aromatic rings. The number of nitrogens with zero attached hydrogens (tertiary/aromatic N) is 3. The quantitative estimate of drug-likeness (QED) is 0.795. The zero-order chi connectivity index (χ0) is 14.3. The first-order valence-electron chi connectivity index (χ1n) is 6.85. The second kappa shape index (κ2) is 8.17. The molecule has 0 saturated heterocycles. The van der Waals surface area contributed by atoms with Crippen LogP contribution in [0, 0.1) is 0 Å². The van der Waals surface area contributed by atoms with Crippen LogP contribution in [0.5, 0.6) is 0 Å². The van der Waals surface area contributed by atoms with E-state index in [0.29, 0.717) is 12.2 Å². The van der Waals surface area contributed by atoms with Crippen molar-refractivity contribution in [2.75, 3.05) is 31.5 Å². The lowest BCUT2D eigenvalue weighted by Crippen LogP contribution is -2.29. The van der Waals surface area contributed by atoms with Gasteiger partial charge in [-0.2, -0.15) is 5.10 Å². The minimum atomic E-state index is -0.226. The van der Waals surface area contributed by atoms with E-state index >= 15 is 0 Å². The molecule has 0 unspecified atom stereocenters. The molecule has 19 heavy (non-hydrogen) atoms. The van der Waals surface area contributed by atoms with Crippen LogP contribution in [0.25, 0.3) is 0 Å². The van der Waals surface area contributed by atoms with E-state index in [9.17, 15) is 4.79 Å². The van der Waals surface area contributed by atoms with E-state index in [0.717, 1.165) is 32.6 Å². The third-order valence-corrected chi connectivity index (χ3v) is 3.42. The summed E-state index contributed by atoms with van der Waals surface area (Å²) in [6.07, 6.45) is 2.49. The number of aryl methyl sites for hydroxylation is 1. The van der Waals surface area contributed by atoms with Crippen LogP contribution in [0.15, 0.2) is 11.0 Å². The van der Waals surface area contributed by atoms with Crippen molar-refractivity contribution in [3.63, 3.8) is 0 Å². The molecule has 0 aliphatic carbocycles. The van der Waals surface area contributed by atoms with Crippen molar-refractivity contribution in [3.8, 4) is 0 Å². The topological polar surface area (TPSA) is 50.2 Å². The second-order valence-electron chi connectivity index (χ2n) is 4.35. The molecule has 0 spiro atoms. The maximum Gasteiger partial charge on any atom is 0.287 e. The lowest BCUT2D eigenvalue weighted by molar-refractivity contribution is 0.316. The van der Waals surface area contributed by atoms with Crippen molar-refractivity contribution >= 4 is 17.3 Å². The van der Waals surface area contributed by atoms with Gasteiger partial charge < -0.3 is 10.2 Å². The fourth-order valence-corrected chi connectivity index (χ4v) is 2.06. The fourth-order valence-electron chi connectivity index (χ4n) is 1.85. The maximum absolute atomic E-state index is 11.9. The Bertz CT molecular complexity index is 443. The number of hydrogen-bond acceptors (Lipinski definition) is 4. The highest BCUT2D eigenvalue weighted by Gasteiger charge is 2.08. The minimum absolute atomic E-state index is 0.225. The summed E-state index contributed by atoms with van der Waals surface area (Å²) in [7, 11) is 0. The number of rotatable bonds is 8. The Morgan fingerprint density at radius 2 is 2.05 bits per heavy atom. The van der Waals surface area contributed by atoms with Crippen molar-refractivity contribution in [2.45, 2.75) is 33.7 Å². The van der Waals surface area contributed by atoms with Crippen LogP contribution in [-0.2, 0) is 6.54 Å². The lowest BCUT2D eigenvalue weighted by Gasteiger charge is -2.18. The maximum atomic E-state index is 11.9. The summed E-state index contributed by atoms with van der Waals surface area (Å²) in [4.78, 5) is 14.2. The van der Waals surface area contributed by atoms with Crippen LogP contribution in [0.2, 0.25) is 5.02 Å². The van der Waals surface area contributed by atoms with E-state index in [1.54, 1.807) is 6.20 Å². The van der Waals surface area contributed by atoms with Crippen LogP contribution < -0.4 is 10.9 Å². The predicted octanol–water partition coefficient (Wildman–Crippen LogP) is 2.06. The summed E-state index contributed by atoms with van der Waals surface area (Å²) in [5, 5.41) is 7.51. The summed E-state index contributed by atoms with van der Waals surface area (Å²) in [5.74, 6) is 0. The molecule has 0 aliphatic heterocycles. The lowest BCUT2D eigenvalue weighted by atomic mass is 10.4. The van der Waals surface area contributed by atoms with Gasteiger partial charge in [0.1, 0.15) is 5.02 Å². The molecule has 0 amide bonds. The van der Waals surface area contributed by atoms with Gasteiger partial charge in [0.2, 0.25) is 0 Å². The number of nitrogens with one attached hydrogen (secondary N) is 1. The smallest absolute Gasteiger partial charge is 0.287 e. The van der Waals surface area contributed by atoms with Gasteiger partial charge in [-0.05, 0) is 19.5 Å². The van der Waals surface area contributed by atoms with Crippen molar-refractivity contribution < 1.29 is 0 Å². The first-order chi connectivity index (χ1) is 9.13. The Labute approximate surface area is 119 Å². The van der Waals surface area contributed by atoms with Gasteiger partial charge in [0.15, 0.2) is 0 Å². The molecule has 0 saturated carbocycles. The molecule has 1 heterocycles. The summed E-state index contributed by atoms with van der Waals surface area (Å²) < 4.78 is 1.40. The molecule has 0 fully saturated rings. The number of anilines is 1. The number of aromatic nitrogens is 2. The predicted molar refractivity (Wildman–Crippen MR) is 80.1 cm³/mol. The first-order valence-corrected chi connectivity index (χ1v) is 7.23. The zero-order valence-electron chi connectivity index (χ0n) is 11.9. The van der Waals surface area contributed by atoms with Crippen molar-refractivity contribution in [2.24, 2.45) is 0 Å². The molecular weight excluding hydrogens is 264 g/mol. The van der Waals surface area contributed by atoms with E-state index in [2.05, 4.69) is 29.2 Å². The molecule has 0 aliphatic rings. The van der Waals surface area contributed by atoms with E-state index in [-0.39, 0.29) is 10.6 Å². The fraction of sp³-hybridized carbons (Fsp3) is 0.692. The summed E-state index contributed by atoms with van der Waals surface area (Å²) in [5.41, 5.74) is 0.391. The highest BCUT2D eigenvalue weighted by atomic mass is 35.5. The molecule has 0 aromatic carbocycles. The standard InChI is InChI=1S/C13H23ClN4O/c1-4-8-18-13(19)12(14)11(10-16-18)15-7-9-17(5-2)6-3/h10,15H,4-9H2,1-3H3. The molecule has 1 N–H and O–H groups in total. The van der Waals surface area contributed by atoms with Gasteiger partial charge in [-0.15, -0.1) is 0 Å². The molecule has 5 nitrogen and oxygen atoms in total. The molecular formula is C13H23ClN4O. The Morgan fingerprint density at radius 1 is 1.37 bits per heavy atom. The number of hydrogen-bond donors (Lipinski definition) is 1. The second-order valence-corrected chi connectivity index (χ2v) is 4.73.